The minimum absolute atomic E-state index is 0.0285. The van der Waals surface area contributed by atoms with Gasteiger partial charge in [0.2, 0.25) is 5.91 Å². The van der Waals surface area contributed by atoms with Crippen molar-refractivity contribution in [2.45, 2.75) is 32.9 Å². The highest BCUT2D eigenvalue weighted by molar-refractivity contribution is 7.12. The minimum atomic E-state index is -4.52. The summed E-state index contributed by atoms with van der Waals surface area (Å²) in [6, 6.07) is 7.26. The second kappa shape index (κ2) is 8.89. The van der Waals surface area contributed by atoms with Crippen molar-refractivity contribution in [1.29, 1.82) is 5.26 Å². The monoisotopic (exact) mass is 410 g/mol. The Balaban J connectivity index is 1.95. The van der Waals surface area contributed by atoms with E-state index in [2.05, 4.69) is 10.1 Å². The number of aryl methyl sites for hydroxylation is 2. The van der Waals surface area contributed by atoms with Crippen molar-refractivity contribution >= 4 is 28.7 Å². The minimum Gasteiger partial charge on any atom is -0.483 e. The van der Waals surface area contributed by atoms with E-state index in [4.69, 9.17) is 5.26 Å². The average Bonchev–Trinajstić information content (AvgIpc) is 2.96. The number of ketones is 1. The molecule has 2 rings (SSSR count). The maximum absolute atomic E-state index is 12.2. The second-order valence-corrected chi connectivity index (χ2v) is 7.49. The fourth-order valence-corrected chi connectivity index (χ4v) is 3.42. The van der Waals surface area contributed by atoms with Gasteiger partial charge in [0, 0.05) is 33.8 Å². The number of alkyl halides is 3. The van der Waals surface area contributed by atoms with Crippen LogP contribution in [-0.4, -0.2) is 24.5 Å². The van der Waals surface area contributed by atoms with Gasteiger partial charge in [0.15, 0.2) is 12.4 Å². The van der Waals surface area contributed by atoms with Gasteiger partial charge in [0.1, 0.15) is 11.8 Å². The smallest absolute Gasteiger partial charge is 0.422 e. The van der Waals surface area contributed by atoms with Crippen molar-refractivity contribution in [2.75, 3.05) is 11.9 Å². The molecule has 0 aliphatic rings. The maximum Gasteiger partial charge on any atom is 0.422 e. The molecular weight excluding hydrogens is 393 g/mol. The topological polar surface area (TPSA) is 79.2 Å². The fourth-order valence-electron chi connectivity index (χ4n) is 2.47. The predicted octanol–water partition coefficient (Wildman–Crippen LogP) is 4.78. The summed E-state index contributed by atoms with van der Waals surface area (Å²) in [4.78, 5) is 26.2. The number of nitrogens with zero attached hydrogens (tertiary/aromatic N) is 1. The van der Waals surface area contributed by atoms with Gasteiger partial charge in [-0.25, -0.2) is 0 Å². The summed E-state index contributed by atoms with van der Waals surface area (Å²) in [5, 5.41) is 11.6. The number of amides is 1. The normalized spacial score (nSPS) is 11.0. The molecule has 9 heteroatoms. The zero-order chi connectivity index (χ0) is 20.9. The Morgan fingerprint density at radius 2 is 1.93 bits per heavy atom. The molecule has 0 saturated carbocycles. The van der Waals surface area contributed by atoms with Crippen molar-refractivity contribution < 1.29 is 27.5 Å². The van der Waals surface area contributed by atoms with E-state index >= 15 is 0 Å². The van der Waals surface area contributed by atoms with Crippen LogP contribution in [-0.2, 0) is 4.79 Å². The zero-order valence-corrected chi connectivity index (χ0v) is 16.0. The molecule has 148 valence electrons. The molecule has 0 atom stereocenters. The summed E-state index contributed by atoms with van der Waals surface area (Å²) in [6.07, 6.45) is -4.55. The molecule has 0 saturated heterocycles. The number of nitriles is 1. The summed E-state index contributed by atoms with van der Waals surface area (Å²) >= 11 is 1.51. The highest BCUT2D eigenvalue weighted by atomic mass is 32.1. The molecule has 5 nitrogen and oxygen atoms in total. The van der Waals surface area contributed by atoms with Crippen LogP contribution in [0.25, 0.3) is 0 Å². The van der Waals surface area contributed by atoms with E-state index in [1.807, 2.05) is 13.8 Å². The standard InChI is InChI=1S/C19H17F3N2O3S/c1-11-7-15(12(2)28-11)16(25)4-6-18(26)24-14-3-5-17(13(8-14)9-23)27-10-19(20,21)22/h3,5,7-8H,4,6,10H2,1-2H3,(H,24,26). The van der Waals surface area contributed by atoms with Crippen LogP contribution in [0, 0.1) is 25.2 Å². The molecule has 1 N–H and O–H groups in total. The lowest BCUT2D eigenvalue weighted by Crippen LogP contribution is -2.19. The van der Waals surface area contributed by atoms with Crippen LogP contribution in [0.4, 0.5) is 18.9 Å². The van der Waals surface area contributed by atoms with E-state index in [1.165, 1.54) is 29.5 Å². The number of hydrogen-bond donors (Lipinski definition) is 1. The lowest BCUT2D eigenvalue weighted by molar-refractivity contribution is -0.153. The van der Waals surface area contributed by atoms with Gasteiger partial charge in [-0.05, 0) is 38.1 Å². The van der Waals surface area contributed by atoms with E-state index in [0.29, 0.717) is 5.56 Å². The lowest BCUT2D eigenvalue weighted by Gasteiger charge is -2.12. The molecule has 0 fully saturated rings. The fraction of sp³-hybridized carbons (Fsp3) is 0.316. The van der Waals surface area contributed by atoms with Gasteiger partial charge in [-0.15, -0.1) is 11.3 Å². The summed E-state index contributed by atoms with van der Waals surface area (Å²) in [5.41, 5.74) is 0.701. The number of nitrogens with one attached hydrogen (secondary N) is 1. The SMILES string of the molecule is Cc1cc(C(=O)CCC(=O)Nc2ccc(OCC(F)(F)F)c(C#N)c2)c(C)s1. The zero-order valence-electron chi connectivity index (χ0n) is 15.1. The van der Waals surface area contributed by atoms with Crippen molar-refractivity contribution in [2.24, 2.45) is 0 Å². The van der Waals surface area contributed by atoms with Crippen molar-refractivity contribution in [3.63, 3.8) is 0 Å². The number of carbonyl (C=O) groups excluding carboxylic acids is 2. The highest BCUT2D eigenvalue weighted by Crippen LogP contribution is 2.25. The Morgan fingerprint density at radius 1 is 1.21 bits per heavy atom. The van der Waals surface area contributed by atoms with E-state index < -0.39 is 18.7 Å². The van der Waals surface area contributed by atoms with Gasteiger partial charge < -0.3 is 10.1 Å². The predicted molar refractivity (Wildman–Crippen MR) is 98.7 cm³/mol. The molecule has 1 aromatic heterocycles. The van der Waals surface area contributed by atoms with E-state index in [9.17, 15) is 22.8 Å². The van der Waals surface area contributed by atoms with Crippen LogP contribution in [0.1, 0.15) is 38.5 Å². The lowest BCUT2D eigenvalue weighted by atomic mass is 10.1. The van der Waals surface area contributed by atoms with E-state index in [0.717, 1.165) is 9.75 Å². The number of halogens is 3. The van der Waals surface area contributed by atoms with Gasteiger partial charge >= 0.3 is 6.18 Å². The van der Waals surface area contributed by atoms with Crippen LogP contribution in [0.15, 0.2) is 24.3 Å². The summed E-state index contributed by atoms with van der Waals surface area (Å²) < 4.78 is 41.3. The third-order valence-corrected chi connectivity index (χ3v) is 4.66. The van der Waals surface area contributed by atoms with Gasteiger partial charge in [0.05, 0.1) is 5.56 Å². The third-order valence-electron chi connectivity index (χ3n) is 3.70. The first-order chi connectivity index (χ1) is 13.1. The molecular formula is C19H17F3N2O3S. The van der Waals surface area contributed by atoms with Gasteiger partial charge in [-0.1, -0.05) is 0 Å². The van der Waals surface area contributed by atoms with Crippen LogP contribution in [0.3, 0.4) is 0 Å². The highest BCUT2D eigenvalue weighted by Gasteiger charge is 2.28. The number of Topliss-reactive ketones (excluding diaryl/α,β-unsaturated/α-hetero) is 1. The number of anilines is 1. The number of ether oxygens (including phenoxy) is 1. The average molecular weight is 410 g/mol. The number of thiophene rings is 1. The van der Waals surface area contributed by atoms with E-state index in [1.54, 1.807) is 12.1 Å². The molecule has 1 heterocycles. The number of carbonyl (C=O) groups is 2. The summed E-state index contributed by atoms with van der Waals surface area (Å²) in [5.74, 6) is -0.798. The van der Waals surface area contributed by atoms with E-state index in [-0.39, 0.29) is 35.6 Å². The Hall–Kier alpha value is -2.86. The van der Waals surface area contributed by atoms with Crippen LogP contribution in [0.2, 0.25) is 0 Å². The Labute approximate surface area is 163 Å². The van der Waals surface area contributed by atoms with Crippen molar-refractivity contribution in [3.05, 3.63) is 45.1 Å². The number of rotatable bonds is 7. The summed E-state index contributed by atoms with van der Waals surface area (Å²) in [6.45, 7) is 2.23. The van der Waals surface area contributed by atoms with Crippen LogP contribution >= 0.6 is 11.3 Å². The van der Waals surface area contributed by atoms with Crippen molar-refractivity contribution in [3.8, 4) is 11.8 Å². The molecule has 2 aromatic rings. The first kappa shape index (κ1) is 21.4. The summed E-state index contributed by atoms with van der Waals surface area (Å²) in [7, 11) is 0. The number of benzene rings is 1. The molecule has 1 aromatic carbocycles. The van der Waals surface area contributed by atoms with Crippen LogP contribution < -0.4 is 10.1 Å². The van der Waals surface area contributed by atoms with Gasteiger partial charge in [0.25, 0.3) is 0 Å². The molecule has 0 unspecified atom stereocenters. The molecule has 0 aliphatic heterocycles. The Morgan fingerprint density at radius 3 is 2.50 bits per heavy atom. The van der Waals surface area contributed by atoms with Gasteiger partial charge in [-0.3, -0.25) is 9.59 Å². The maximum atomic E-state index is 12.2. The first-order valence-electron chi connectivity index (χ1n) is 8.23. The third kappa shape index (κ3) is 6.09. The van der Waals surface area contributed by atoms with Crippen LogP contribution in [0.5, 0.6) is 5.75 Å². The molecule has 0 aliphatic carbocycles. The molecule has 0 radical (unpaired) electrons. The quantitative estimate of drug-likeness (QED) is 0.667. The largest absolute Gasteiger partial charge is 0.483 e. The molecule has 0 spiro atoms. The van der Waals surface area contributed by atoms with Gasteiger partial charge in [-0.2, -0.15) is 18.4 Å². The Kier molecular flexibility index (Phi) is 6.80. The molecule has 1 amide bonds. The second-order valence-electron chi connectivity index (χ2n) is 6.02. The van der Waals surface area contributed by atoms with Crippen molar-refractivity contribution in [1.82, 2.24) is 0 Å². The first-order valence-corrected chi connectivity index (χ1v) is 9.04. The number of hydrogen-bond acceptors (Lipinski definition) is 5. The molecule has 28 heavy (non-hydrogen) atoms. The Bertz CT molecular complexity index is 929. The molecule has 0 bridgehead atoms.